The van der Waals surface area contributed by atoms with Crippen LogP contribution >= 0.6 is 0 Å². The number of anilines is 4. The fourth-order valence-electron chi connectivity index (χ4n) is 8.34. The molecule has 0 spiro atoms. The van der Waals surface area contributed by atoms with Gasteiger partial charge in [-0.05, 0) is 105 Å². The zero-order valence-electron chi connectivity index (χ0n) is 39.5. The second-order valence-electron chi connectivity index (χ2n) is 18.2. The second-order valence-corrected chi connectivity index (χ2v) is 18.2. The summed E-state index contributed by atoms with van der Waals surface area (Å²) in [4.78, 5) is 9.25. The summed E-state index contributed by atoms with van der Waals surface area (Å²) in [6.07, 6.45) is 1.55. The summed E-state index contributed by atoms with van der Waals surface area (Å²) in [5.74, 6) is 0.952. The van der Waals surface area contributed by atoms with Crippen molar-refractivity contribution in [3.8, 4) is 39.6 Å². The van der Waals surface area contributed by atoms with Gasteiger partial charge in [0.2, 0.25) is 0 Å². The van der Waals surface area contributed by atoms with Crippen LogP contribution in [-0.4, -0.2) is 9.55 Å². The van der Waals surface area contributed by atoms with E-state index in [9.17, 15) is 4.39 Å². The molecule has 0 aliphatic carbocycles. The molecule has 0 N–H and O–H groups in total. The molecule has 3 heterocycles. The van der Waals surface area contributed by atoms with E-state index in [0.717, 1.165) is 50.2 Å². The van der Waals surface area contributed by atoms with Crippen LogP contribution in [0.25, 0.3) is 49.9 Å². The minimum Gasteiger partial charge on any atom is -0.509 e. The Balaban J connectivity index is 0.00000562. The molecule has 64 heavy (non-hydrogen) atoms. The van der Waals surface area contributed by atoms with E-state index in [1.54, 1.807) is 24.4 Å². The molecular weight excluding hydrogens is 971 g/mol. The largest absolute Gasteiger partial charge is 0.509 e. The van der Waals surface area contributed by atoms with E-state index in [2.05, 4.69) is 131 Å². The third-order valence-electron chi connectivity index (χ3n) is 11.8. The molecule has 5 nitrogen and oxygen atoms in total. The Morgan fingerprint density at radius 2 is 1.33 bits per heavy atom. The molecule has 0 unspecified atom stereocenters. The fourth-order valence-corrected chi connectivity index (χ4v) is 8.34. The van der Waals surface area contributed by atoms with Gasteiger partial charge in [-0.25, -0.2) is 9.37 Å². The number of aromatic nitrogens is 2. The maximum Gasteiger partial charge on any atom is 0.135 e. The number of pyridine rings is 1. The van der Waals surface area contributed by atoms with Crippen LogP contribution < -0.4 is 14.5 Å². The number of benzene rings is 7. The molecule has 0 saturated carbocycles. The molecule has 1 aliphatic rings. The Morgan fingerprint density at radius 3 is 2.06 bits per heavy atom. The Hall–Kier alpha value is -6.49. The predicted octanol–water partition coefficient (Wildman–Crippen LogP) is 15.4. The van der Waals surface area contributed by atoms with E-state index in [1.807, 2.05) is 65.2 Å². The number of fused-ring (bicyclic) bond motifs is 4. The second kappa shape index (κ2) is 16.6. The number of hydrogen-bond donors (Lipinski definition) is 0. The maximum atomic E-state index is 13.9. The monoisotopic (exact) mass is 1020 g/mol. The standard InChI is InChI=1S/C57H48FN4O.Pt/c1-37-28-55(59-35-50(37)39-20-23-43(58)24-21-39)62-51-19-12-11-18-48(51)49-26-25-47(34-53(49)62)63-46-17-13-16-44(33-46)60-36-61(45-31-41(56(2,3)4)30-42(32-45)57(5,6)7)54-29-40(22-27-52(54)60)38-14-9-8-10-15-38;/h8-32,35-36H,1-7H3;/q-3;/i1D3;. The van der Waals surface area contributed by atoms with Gasteiger partial charge in [0.25, 0.3) is 0 Å². The first kappa shape index (κ1) is 39.1. The van der Waals surface area contributed by atoms with E-state index in [0.29, 0.717) is 34.0 Å². The normalized spacial score (nSPS) is 13.6. The summed E-state index contributed by atoms with van der Waals surface area (Å²) in [5, 5.41) is 1.86. The first-order chi connectivity index (χ1) is 31.5. The van der Waals surface area contributed by atoms with Gasteiger partial charge in [-0.1, -0.05) is 120 Å². The minimum absolute atomic E-state index is 0. The Kier molecular flexibility index (Phi) is 10.1. The van der Waals surface area contributed by atoms with E-state index in [-0.39, 0.29) is 37.5 Å². The van der Waals surface area contributed by atoms with Crippen LogP contribution in [0, 0.1) is 31.5 Å². The van der Waals surface area contributed by atoms with E-state index >= 15 is 0 Å². The Bertz CT molecular complexity index is 3270. The van der Waals surface area contributed by atoms with Gasteiger partial charge in [0.1, 0.15) is 11.6 Å². The van der Waals surface area contributed by atoms with Crippen molar-refractivity contribution in [3.63, 3.8) is 0 Å². The number of nitrogens with zero attached hydrogens (tertiary/aromatic N) is 4. The van der Waals surface area contributed by atoms with Crippen molar-refractivity contribution in [2.24, 2.45) is 0 Å². The van der Waals surface area contributed by atoms with Gasteiger partial charge < -0.3 is 19.1 Å². The van der Waals surface area contributed by atoms with Gasteiger partial charge in [-0.3, -0.25) is 0 Å². The summed E-state index contributed by atoms with van der Waals surface area (Å²) in [6, 6.07) is 56.1. The number of para-hydroxylation sites is 1. The molecule has 0 bridgehead atoms. The molecule has 9 aromatic rings. The average Bonchev–Trinajstić information content (AvgIpc) is 3.84. The third-order valence-corrected chi connectivity index (χ3v) is 11.8. The quantitative estimate of drug-likeness (QED) is 0.149. The van der Waals surface area contributed by atoms with Crippen molar-refractivity contribution in [2.45, 2.75) is 59.2 Å². The number of ether oxygens (including phenoxy) is 1. The van der Waals surface area contributed by atoms with Crippen LogP contribution in [0.15, 0.2) is 158 Å². The summed E-state index contributed by atoms with van der Waals surface area (Å²) < 4.78 is 47.8. The molecule has 7 heteroatoms. The molecule has 0 amide bonds. The minimum atomic E-state index is -2.47. The Labute approximate surface area is 394 Å². The van der Waals surface area contributed by atoms with Crippen LogP contribution in [0.2, 0.25) is 0 Å². The third kappa shape index (κ3) is 8.01. The van der Waals surface area contributed by atoms with Crippen LogP contribution in [0.5, 0.6) is 11.5 Å². The SMILES string of the molecule is [2H]C([2H])([2H])c1cc(-n2c3[c-]c(Oc4[c-]c(N5[CH-]N(c6cc(C(C)(C)C)cc(C(C)(C)C)c6)c6cc(-c7ccccc7)ccc65)ccc4)ccc3c3ccccc32)ncc1-c1ccc(F)cc1.[Pt]. The topological polar surface area (TPSA) is 33.5 Å². The number of halogens is 1. The summed E-state index contributed by atoms with van der Waals surface area (Å²) in [6.45, 7) is 13.2. The zero-order chi connectivity index (χ0) is 46.1. The maximum absolute atomic E-state index is 13.9. The van der Waals surface area contributed by atoms with Crippen molar-refractivity contribution in [1.29, 1.82) is 0 Å². The van der Waals surface area contributed by atoms with E-state index in [4.69, 9.17) is 13.8 Å². The summed E-state index contributed by atoms with van der Waals surface area (Å²) >= 11 is 0. The van der Waals surface area contributed by atoms with Crippen molar-refractivity contribution in [3.05, 3.63) is 199 Å². The average molecular weight is 1020 g/mol. The first-order valence-corrected chi connectivity index (χ1v) is 21.2. The van der Waals surface area contributed by atoms with E-state index < -0.39 is 12.7 Å². The molecule has 0 radical (unpaired) electrons. The molecule has 1 aliphatic heterocycles. The van der Waals surface area contributed by atoms with Gasteiger partial charge >= 0.3 is 0 Å². The van der Waals surface area contributed by atoms with Crippen LogP contribution in [0.3, 0.4) is 0 Å². The predicted molar refractivity (Wildman–Crippen MR) is 257 cm³/mol. The van der Waals surface area contributed by atoms with Gasteiger partial charge in [-0.15, -0.1) is 48.1 Å². The Morgan fingerprint density at radius 1 is 0.625 bits per heavy atom. The van der Waals surface area contributed by atoms with Gasteiger partial charge in [0, 0.05) is 71.0 Å². The fraction of sp³-hybridized carbons (Fsp3) is 0.158. The molecule has 7 aromatic carbocycles. The molecule has 0 saturated heterocycles. The first-order valence-electron chi connectivity index (χ1n) is 22.7. The van der Waals surface area contributed by atoms with Crippen molar-refractivity contribution < 1.29 is 34.3 Å². The number of rotatable bonds is 7. The van der Waals surface area contributed by atoms with Crippen LogP contribution in [0.4, 0.5) is 27.1 Å². The van der Waals surface area contributed by atoms with E-state index in [1.165, 1.54) is 23.3 Å². The molecule has 322 valence electrons. The van der Waals surface area contributed by atoms with Crippen LogP contribution in [-0.2, 0) is 31.9 Å². The molecule has 0 fully saturated rings. The number of hydrogen-bond acceptors (Lipinski definition) is 4. The van der Waals surface area contributed by atoms with Gasteiger partial charge in [0.05, 0.1) is 0 Å². The molecular formula is C57H48FN4OPt-3. The molecule has 2 aromatic heterocycles. The van der Waals surface area contributed by atoms with Crippen molar-refractivity contribution in [2.75, 3.05) is 9.80 Å². The number of aryl methyl sites for hydroxylation is 1. The molecule has 0 atom stereocenters. The smallest absolute Gasteiger partial charge is 0.135 e. The van der Waals surface area contributed by atoms with Gasteiger partial charge in [-0.2, -0.15) is 12.1 Å². The molecule has 10 rings (SSSR count). The van der Waals surface area contributed by atoms with Crippen LogP contribution in [0.1, 0.15) is 62.3 Å². The zero-order valence-corrected chi connectivity index (χ0v) is 38.8. The van der Waals surface area contributed by atoms with Gasteiger partial charge in [0.15, 0.2) is 0 Å². The van der Waals surface area contributed by atoms with Crippen molar-refractivity contribution >= 4 is 44.6 Å². The summed E-state index contributed by atoms with van der Waals surface area (Å²) in [5.41, 5.74) is 11.2. The summed E-state index contributed by atoms with van der Waals surface area (Å²) in [7, 11) is 0. The van der Waals surface area contributed by atoms with Crippen molar-refractivity contribution in [1.82, 2.24) is 9.55 Å².